The van der Waals surface area contributed by atoms with Gasteiger partial charge in [0.1, 0.15) is 5.66 Å². The van der Waals surface area contributed by atoms with Gasteiger partial charge in [-0.3, -0.25) is 5.32 Å². The molecule has 1 aliphatic heterocycles. The minimum atomic E-state index is -0.182. The molecule has 33 heavy (non-hydrogen) atoms. The van der Waals surface area contributed by atoms with Crippen molar-refractivity contribution in [3.63, 3.8) is 0 Å². The second kappa shape index (κ2) is 9.79. The van der Waals surface area contributed by atoms with Crippen LogP contribution in [0.1, 0.15) is 91.7 Å². The van der Waals surface area contributed by atoms with Crippen molar-refractivity contribution in [3.8, 4) is 0 Å². The Hall–Kier alpha value is -1.85. The van der Waals surface area contributed by atoms with Gasteiger partial charge in [-0.25, -0.2) is 4.99 Å². The summed E-state index contributed by atoms with van der Waals surface area (Å²) in [7, 11) is 2.05. The Morgan fingerprint density at radius 3 is 2.12 bits per heavy atom. The fraction of sp³-hybridized carbons (Fsp3) is 0.679. The Morgan fingerprint density at radius 2 is 1.48 bits per heavy atom. The number of rotatable bonds is 5. The van der Waals surface area contributed by atoms with Gasteiger partial charge in [0.05, 0.1) is 6.04 Å². The maximum Gasteiger partial charge on any atom is 0.197 e. The molecular weight excluding hydrogens is 406 g/mol. The van der Waals surface area contributed by atoms with Gasteiger partial charge < -0.3 is 16.0 Å². The van der Waals surface area contributed by atoms with Crippen LogP contribution in [0, 0.1) is 34.6 Å². The Kier molecular flexibility index (Phi) is 7.20. The van der Waals surface area contributed by atoms with E-state index in [2.05, 4.69) is 62.8 Å². The molecule has 3 aliphatic rings. The molecule has 0 bridgehead atoms. The summed E-state index contributed by atoms with van der Waals surface area (Å²) >= 11 is 0. The van der Waals surface area contributed by atoms with Gasteiger partial charge in [-0.2, -0.15) is 0 Å². The van der Waals surface area contributed by atoms with Crippen molar-refractivity contribution in [2.75, 3.05) is 7.05 Å². The average Bonchev–Trinajstić information content (AvgIpc) is 2.82. The minimum absolute atomic E-state index is 0.182. The molecule has 5 heteroatoms. The number of hydrogen-bond acceptors (Lipinski definition) is 3. The van der Waals surface area contributed by atoms with Crippen LogP contribution in [-0.2, 0) is 6.54 Å². The number of aliphatic imine (C=N–C) groups is 1. The first kappa shape index (κ1) is 24.3. The van der Waals surface area contributed by atoms with E-state index in [-0.39, 0.29) is 5.66 Å². The van der Waals surface area contributed by atoms with E-state index in [0.717, 1.165) is 38.2 Å². The van der Waals surface area contributed by atoms with E-state index in [1.807, 2.05) is 7.05 Å². The second-order valence-corrected chi connectivity index (χ2v) is 10.8. The van der Waals surface area contributed by atoms with Crippen molar-refractivity contribution < 1.29 is 0 Å². The van der Waals surface area contributed by atoms with Gasteiger partial charge in [-0.1, -0.05) is 0 Å². The first-order valence-electron chi connectivity index (χ1n) is 13.1. The quantitative estimate of drug-likeness (QED) is 0.512. The molecule has 1 unspecified atom stereocenters. The summed E-state index contributed by atoms with van der Waals surface area (Å²) in [6.45, 7) is 14.6. The molecule has 0 spiro atoms. The molecule has 2 aliphatic carbocycles. The number of hydrogen-bond donors (Lipinski definition) is 4. The molecule has 0 amide bonds. The number of guanidine groups is 1. The predicted molar refractivity (Wildman–Crippen MR) is 140 cm³/mol. The van der Waals surface area contributed by atoms with Crippen LogP contribution in [-0.4, -0.2) is 30.8 Å². The third-order valence-corrected chi connectivity index (χ3v) is 8.94. The van der Waals surface area contributed by atoms with Gasteiger partial charge in [-0.15, -0.1) is 0 Å². The number of allylic oxidation sites excluding steroid dienone is 1. The Morgan fingerprint density at radius 1 is 0.879 bits per heavy atom. The summed E-state index contributed by atoms with van der Waals surface area (Å²) in [5.74, 6) is 0.959. The zero-order chi connectivity index (χ0) is 23.8. The van der Waals surface area contributed by atoms with Crippen molar-refractivity contribution in [1.82, 2.24) is 21.3 Å². The number of likely N-dealkylation sites (N-methyl/N-ethyl adjacent to an activating group) is 1. The zero-order valence-electron chi connectivity index (χ0n) is 22.0. The molecule has 1 aromatic rings. The molecule has 0 saturated heterocycles. The average molecular weight is 452 g/mol. The lowest BCUT2D eigenvalue weighted by molar-refractivity contribution is 0.336. The summed E-state index contributed by atoms with van der Waals surface area (Å²) in [6.07, 6.45) is 9.54. The summed E-state index contributed by atoms with van der Waals surface area (Å²) in [5.41, 5.74) is 11.5. The topological polar surface area (TPSA) is 60.5 Å². The van der Waals surface area contributed by atoms with Crippen LogP contribution in [0.15, 0.2) is 16.3 Å². The van der Waals surface area contributed by atoms with Gasteiger partial charge >= 0.3 is 0 Å². The molecule has 0 radical (unpaired) electrons. The van der Waals surface area contributed by atoms with Crippen molar-refractivity contribution in [2.45, 2.75) is 117 Å². The van der Waals surface area contributed by atoms with Crippen molar-refractivity contribution in [2.24, 2.45) is 4.99 Å². The maximum absolute atomic E-state index is 5.14. The predicted octanol–water partition coefficient (Wildman–Crippen LogP) is 4.94. The van der Waals surface area contributed by atoms with Crippen LogP contribution < -0.4 is 21.3 Å². The molecule has 182 valence electrons. The highest BCUT2D eigenvalue weighted by atomic mass is 15.3. The first-order valence-corrected chi connectivity index (χ1v) is 13.1. The first-order chi connectivity index (χ1) is 15.7. The second-order valence-electron chi connectivity index (χ2n) is 10.8. The standard InChI is InChI=1S/C28H45N5/c1-17-18(2)20(4)24(21(5)19(17)3)16-30-22-12-14-23(15-13-22)31-27-32-26-11-9-8-10-25(26)28(6,29-7)33-27/h22-23,29-30H,8-16H2,1-7H3,(H2,31,32,33). The zero-order valence-corrected chi connectivity index (χ0v) is 22.0. The van der Waals surface area contributed by atoms with Crippen LogP contribution in [0.4, 0.5) is 0 Å². The highest BCUT2D eigenvalue weighted by Crippen LogP contribution is 2.32. The van der Waals surface area contributed by atoms with Gasteiger partial charge in [-0.05, 0) is 139 Å². The lowest BCUT2D eigenvalue weighted by Crippen LogP contribution is -2.64. The summed E-state index contributed by atoms with van der Waals surface area (Å²) in [4.78, 5) is 5.14. The van der Waals surface area contributed by atoms with Gasteiger partial charge in [0.25, 0.3) is 0 Å². The van der Waals surface area contributed by atoms with Crippen molar-refractivity contribution in [3.05, 3.63) is 44.7 Å². The molecule has 1 atom stereocenters. The van der Waals surface area contributed by atoms with E-state index in [1.54, 1.807) is 0 Å². The fourth-order valence-corrected chi connectivity index (χ4v) is 6.04. The Balaban J connectivity index is 1.36. The summed E-state index contributed by atoms with van der Waals surface area (Å²) in [6, 6.07) is 0.988. The lowest BCUT2D eigenvalue weighted by atomic mass is 9.86. The van der Waals surface area contributed by atoms with Gasteiger partial charge in [0.2, 0.25) is 0 Å². The van der Waals surface area contributed by atoms with Crippen molar-refractivity contribution >= 4 is 5.96 Å². The van der Waals surface area contributed by atoms with Gasteiger partial charge in [0.15, 0.2) is 5.96 Å². The van der Waals surface area contributed by atoms with Gasteiger partial charge in [0, 0.05) is 18.3 Å². The maximum atomic E-state index is 5.14. The normalized spacial score (nSPS) is 29.0. The monoisotopic (exact) mass is 451 g/mol. The molecule has 1 heterocycles. The highest BCUT2D eigenvalue weighted by Gasteiger charge is 2.36. The molecule has 1 aromatic carbocycles. The molecular formula is C28H45N5. The number of nitrogens with one attached hydrogen (secondary N) is 4. The number of benzene rings is 1. The third kappa shape index (κ3) is 4.85. The van der Waals surface area contributed by atoms with E-state index < -0.39 is 0 Å². The third-order valence-electron chi connectivity index (χ3n) is 8.94. The Labute approximate surface area is 201 Å². The van der Waals surface area contributed by atoms with Crippen LogP contribution >= 0.6 is 0 Å². The van der Waals surface area contributed by atoms with Crippen LogP contribution in [0.25, 0.3) is 0 Å². The largest absolute Gasteiger partial charge is 0.335 e. The van der Waals surface area contributed by atoms with E-state index in [9.17, 15) is 0 Å². The van der Waals surface area contributed by atoms with Crippen LogP contribution in [0.3, 0.4) is 0 Å². The smallest absolute Gasteiger partial charge is 0.197 e. The highest BCUT2D eigenvalue weighted by molar-refractivity contribution is 5.84. The lowest BCUT2D eigenvalue weighted by Gasteiger charge is -2.43. The van der Waals surface area contributed by atoms with E-state index in [1.165, 1.54) is 70.3 Å². The molecule has 0 aromatic heterocycles. The number of nitrogens with zero attached hydrogens (tertiary/aromatic N) is 1. The van der Waals surface area contributed by atoms with Crippen LogP contribution in [0.2, 0.25) is 0 Å². The molecule has 5 nitrogen and oxygen atoms in total. The van der Waals surface area contributed by atoms with E-state index in [0.29, 0.717) is 12.1 Å². The SMILES string of the molecule is CNC1(C)NC(=NC2CCC(NCc3c(C)c(C)c(C)c(C)c3C)CC2)NC2=C1CCCC2. The van der Waals surface area contributed by atoms with E-state index in [4.69, 9.17) is 4.99 Å². The summed E-state index contributed by atoms with van der Waals surface area (Å²) < 4.78 is 0. The van der Waals surface area contributed by atoms with Crippen LogP contribution in [0.5, 0.6) is 0 Å². The van der Waals surface area contributed by atoms with Crippen molar-refractivity contribution in [1.29, 1.82) is 0 Å². The molecule has 1 saturated carbocycles. The molecule has 1 fully saturated rings. The minimum Gasteiger partial charge on any atom is -0.335 e. The molecule has 4 rings (SSSR count). The molecule has 4 N–H and O–H groups in total. The Bertz CT molecular complexity index is 923. The fourth-order valence-electron chi connectivity index (χ4n) is 6.04. The van der Waals surface area contributed by atoms with E-state index >= 15 is 0 Å². The summed E-state index contributed by atoms with van der Waals surface area (Å²) in [5, 5.41) is 14.7.